The number of benzene rings is 2. The summed E-state index contributed by atoms with van der Waals surface area (Å²) in [5.74, 6) is -0.392. The van der Waals surface area contributed by atoms with Crippen molar-refractivity contribution in [1.82, 2.24) is 10.6 Å². The Hall–Kier alpha value is -2.33. The molecule has 0 radical (unpaired) electrons. The number of rotatable bonds is 8. The molecule has 2 rings (SSSR count). The van der Waals surface area contributed by atoms with Gasteiger partial charge in [0.05, 0.1) is 23.0 Å². The average molecular weight is 387 g/mol. The molecule has 0 fully saturated rings. The number of halogens is 1. The molecule has 0 saturated carbocycles. The first-order valence-electron chi connectivity index (χ1n) is 9.24. The van der Waals surface area contributed by atoms with Gasteiger partial charge < -0.3 is 10.6 Å². The summed E-state index contributed by atoms with van der Waals surface area (Å²) in [6.45, 7) is 6.10. The van der Waals surface area contributed by atoms with Gasteiger partial charge in [-0.3, -0.25) is 9.59 Å². The Morgan fingerprint density at radius 1 is 1.04 bits per heavy atom. The molecule has 144 valence electrons. The van der Waals surface area contributed by atoms with E-state index in [-0.39, 0.29) is 23.8 Å². The van der Waals surface area contributed by atoms with Crippen LogP contribution < -0.4 is 10.6 Å². The van der Waals surface area contributed by atoms with E-state index in [1.54, 1.807) is 24.3 Å². The lowest BCUT2D eigenvalue weighted by molar-refractivity contribution is -0.123. The second-order valence-electron chi connectivity index (χ2n) is 7.30. The van der Waals surface area contributed by atoms with E-state index in [1.807, 2.05) is 44.2 Å². The van der Waals surface area contributed by atoms with Gasteiger partial charge in [0.1, 0.15) is 0 Å². The fourth-order valence-corrected chi connectivity index (χ4v) is 3.34. The maximum atomic E-state index is 12.7. The van der Waals surface area contributed by atoms with Crippen molar-refractivity contribution in [3.8, 4) is 0 Å². The quantitative estimate of drug-likeness (QED) is 0.678. The number of carbonyl (C=O) groups excluding carboxylic acids is 2. The lowest BCUT2D eigenvalue weighted by Crippen LogP contribution is -2.44. The zero-order valence-corrected chi connectivity index (χ0v) is 16.8. The number of hydrogen-bond acceptors (Lipinski definition) is 2. The summed E-state index contributed by atoms with van der Waals surface area (Å²) in [6, 6.07) is 15.9. The zero-order chi connectivity index (χ0) is 19.9. The highest BCUT2D eigenvalue weighted by atomic mass is 35.5. The van der Waals surface area contributed by atoms with Gasteiger partial charge in [0.25, 0.3) is 5.91 Å². The van der Waals surface area contributed by atoms with Crippen LogP contribution >= 0.6 is 11.6 Å². The summed E-state index contributed by atoms with van der Waals surface area (Å²) in [5, 5.41) is 6.40. The topological polar surface area (TPSA) is 58.2 Å². The van der Waals surface area contributed by atoms with Gasteiger partial charge in [-0.25, -0.2) is 0 Å². The average Bonchev–Trinajstić information content (AvgIpc) is 2.61. The van der Waals surface area contributed by atoms with Crippen LogP contribution in [0.15, 0.2) is 54.6 Å². The molecule has 0 heterocycles. The third-order valence-electron chi connectivity index (χ3n) is 4.37. The first-order chi connectivity index (χ1) is 12.8. The van der Waals surface area contributed by atoms with Crippen LogP contribution in [-0.4, -0.2) is 17.4 Å². The molecule has 2 aromatic rings. The smallest absolute Gasteiger partial charge is 0.253 e. The first-order valence-corrected chi connectivity index (χ1v) is 9.61. The third-order valence-corrected chi connectivity index (χ3v) is 4.70. The first kappa shape index (κ1) is 21.0. The molecule has 5 heteroatoms. The number of amides is 2. The highest BCUT2D eigenvalue weighted by molar-refractivity contribution is 6.33. The maximum Gasteiger partial charge on any atom is 0.253 e. The molecule has 0 saturated heterocycles. The van der Waals surface area contributed by atoms with Crippen LogP contribution in [0.4, 0.5) is 0 Å². The van der Waals surface area contributed by atoms with Gasteiger partial charge in [0.15, 0.2) is 0 Å². The van der Waals surface area contributed by atoms with Gasteiger partial charge >= 0.3 is 0 Å². The summed E-state index contributed by atoms with van der Waals surface area (Å²) in [4.78, 5) is 25.3. The minimum Gasteiger partial charge on any atom is -0.351 e. The van der Waals surface area contributed by atoms with Crippen molar-refractivity contribution < 1.29 is 9.59 Å². The SMILES string of the molecule is CCCC(C)(C)NC(=O)CC(NC(=O)c1ccccc1Cl)c1ccccc1. The molecule has 0 aliphatic heterocycles. The molecule has 27 heavy (non-hydrogen) atoms. The van der Waals surface area contributed by atoms with E-state index in [0.717, 1.165) is 18.4 Å². The van der Waals surface area contributed by atoms with Crippen molar-refractivity contribution in [1.29, 1.82) is 0 Å². The molecule has 2 N–H and O–H groups in total. The summed E-state index contributed by atoms with van der Waals surface area (Å²) in [7, 11) is 0. The lowest BCUT2D eigenvalue weighted by atomic mass is 9.97. The van der Waals surface area contributed by atoms with E-state index in [4.69, 9.17) is 11.6 Å². The van der Waals surface area contributed by atoms with E-state index < -0.39 is 6.04 Å². The van der Waals surface area contributed by atoms with Crippen molar-refractivity contribution >= 4 is 23.4 Å². The van der Waals surface area contributed by atoms with E-state index in [2.05, 4.69) is 17.6 Å². The van der Waals surface area contributed by atoms with Crippen molar-refractivity contribution in [3.05, 3.63) is 70.7 Å². The van der Waals surface area contributed by atoms with Gasteiger partial charge in [-0.1, -0.05) is 67.4 Å². The van der Waals surface area contributed by atoms with E-state index >= 15 is 0 Å². The van der Waals surface area contributed by atoms with Crippen molar-refractivity contribution in [3.63, 3.8) is 0 Å². The molecule has 0 aliphatic carbocycles. The highest BCUT2D eigenvalue weighted by Gasteiger charge is 2.24. The predicted octanol–water partition coefficient (Wildman–Crippen LogP) is 4.90. The van der Waals surface area contributed by atoms with Crippen molar-refractivity contribution in [2.75, 3.05) is 0 Å². The Kier molecular flexibility index (Phi) is 7.43. The van der Waals surface area contributed by atoms with Gasteiger partial charge in [0, 0.05) is 5.54 Å². The fraction of sp³-hybridized carbons (Fsp3) is 0.364. The third kappa shape index (κ3) is 6.40. The standard InChI is InChI=1S/C22H27ClN2O2/c1-4-14-22(2,3)25-20(26)15-19(16-10-6-5-7-11-16)24-21(27)17-12-8-9-13-18(17)23/h5-13,19H,4,14-15H2,1-3H3,(H,24,27)(H,25,26). The van der Waals surface area contributed by atoms with Gasteiger partial charge in [0.2, 0.25) is 5.91 Å². The van der Waals surface area contributed by atoms with Crippen molar-refractivity contribution in [2.45, 2.75) is 51.6 Å². The van der Waals surface area contributed by atoms with E-state index in [0.29, 0.717) is 10.6 Å². The van der Waals surface area contributed by atoms with Crippen LogP contribution in [0, 0.1) is 0 Å². The summed E-state index contributed by atoms with van der Waals surface area (Å²) >= 11 is 6.14. The second kappa shape index (κ2) is 9.56. The Balaban J connectivity index is 2.16. The fourth-order valence-electron chi connectivity index (χ4n) is 3.12. The van der Waals surface area contributed by atoms with Gasteiger partial charge in [-0.15, -0.1) is 0 Å². The molecule has 4 nitrogen and oxygen atoms in total. The molecule has 0 spiro atoms. The molecule has 0 bridgehead atoms. The van der Waals surface area contributed by atoms with Gasteiger partial charge in [-0.05, 0) is 38.0 Å². The van der Waals surface area contributed by atoms with Crippen LogP contribution in [0.2, 0.25) is 5.02 Å². The molecule has 0 aromatic heterocycles. The minimum atomic E-state index is -0.438. The Labute approximate surface area is 166 Å². The summed E-state index contributed by atoms with van der Waals surface area (Å²) in [6.07, 6.45) is 2.03. The Bertz CT molecular complexity index is 775. The molecule has 2 amide bonds. The predicted molar refractivity (Wildman–Crippen MR) is 110 cm³/mol. The molecular weight excluding hydrogens is 360 g/mol. The molecule has 1 unspecified atom stereocenters. The largest absolute Gasteiger partial charge is 0.351 e. The molecule has 2 aromatic carbocycles. The van der Waals surface area contributed by atoms with Crippen LogP contribution in [0.3, 0.4) is 0 Å². The molecule has 0 aliphatic rings. The van der Waals surface area contributed by atoms with Gasteiger partial charge in [-0.2, -0.15) is 0 Å². The van der Waals surface area contributed by atoms with Crippen LogP contribution in [0.1, 0.15) is 62.0 Å². The summed E-state index contributed by atoms with van der Waals surface area (Å²) in [5.41, 5.74) is 0.993. The monoisotopic (exact) mass is 386 g/mol. The minimum absolute atomic E-state index is 0.0956. The van der Waals surface area contributed by atoms with E-state index in [1.165, 1.54) is 0 Å². The number of hydrogen-bond donors (Lipinski definition) is 2. The van der Waals surface area contributed by atoms with Crippen molar-refractivity contribution in [2.24, 2.45) is 0 Å². The van der Waals surface area contributed by atoms with E-state index in [9.17, 15) is 9.59 Å². The van der Waals surface area contributed by atoms with Crippen LogP contribution in [0.5, 0.6) is 0 Å². The highest BCUT2D eigenvalue weighted by Crippen LogP contribution is 2.21. The van der Waals surface area contributed by atoms with Crippen LogP contribution in [0.25, 0.3) is 0 Å². The molecular formula is C22H27ClN2O2. The summed E-state index contributed by atoms with van der Waals surface area (Å²) < 4.78 is 0. The Morgan fingerprint density at radius 3 is 2.30 bits per heavy atom. The Morgan fingerprint density at radius 2 is 1.67 bits per heavy atom. The number of carbonyl (C=O) groups is 2. The zero-order valence-electron chi connectivity index (χ0n) is 16.1. The number of nitrogens with one attached hydrogen (secondary N) is 2. The maximum absolute atomic E-state index is 12.7. The lowest BCUT2D eigenvalue weighted by Gasteiger charge is -2.27. The second-order valence-corrected chi connectivity index (χ2v) is 7.71. The molecule has 1 atom stereocenters. The van der Waals surface area contributed by atoms with Crippen LogP contribution in [-0.2, 0) is 4.79 Å². The normalized spacial score (nSPS) is 12.3.